The van der Waals surface area contributed by atoms with Crippen molar-refractivity contribution in [1.29, 1.82) is 0 Å². The van der Waals surface area contributed by atoms with Gasteiger partial charge in [0.25, 0.3) is 6.71 Å². The van der Waals surface area contributed by atoms with Gasteiger partial charge in [-0.1, -0.05) is 229 Å². The molecule has 0 radical (unpaired) electrons. The largest absolute Gasteiger partial charge is 0.311 e. The van der Waals surface area contributed by atoms with Crippen LogP contribution in [0.25, 0.3) is 22.3 Å². The number of anilines is 6. The molecule has 2 aliphatic heterocycles. The summed E-state index contributed by atoms with van der Waals surface area (Å²) in [5, 5.41) is 0. The van der Waals surface area contributed by atoms with Gasteiger partial charge in [-0.25, -0.2) is 0 Å². The van der Waals surface area contributed by atoms with Crippen molar-refractivity contribution in [3.8, 4) is 22.3 Å². The van der Waals surface area contributed by atoms with E-state index in [-0.39, 0.29) is 39.2 Å². The lowest BCUT2D eigenvalue weighted by Crippen LogP contribution is -2.62. The molecule has 3 heteroatoms. The summed E-state index contributed by atoms with van der Waals surface area (Å²) in [5.41, 5.74) is 28.4. The molecule has 13 rings (SSSR count). The monoisotopic (exact) mass is 1040 g/mol. The molecule has 0 unspecified atom stereocenters. The number of hydrogen-bond donors (Lipinski definition) is 0. The van der Waals surface area contributed by atoms with Crippen LogP contribution in [0.15, 0.2) is 194 Å². The minimum Gasteiger partial charge on any atom is -0.311 e. The molecule has 2 heterocycles. The molecule has 0 saturated heterocycles. The molecule has 0 aromatic heterocycles. The van der Waals surface area contributed by atoms with Crippen LogP contribution in [0.4, 0.5) is 34.1 Å². The van der Waals surface area contributed by atoms with E-state index in [1.54, 1.807) is 0 Å². The average Bonchev–Trinajstić information content (AvgIpc) is 3.56. The minimum absolute atomic E-state index is 0.00759. The van der Waals surface area contributed by atoms with Gasteiger partial charge in [0.05, 0.1) is 5.69 Å². The van der Waals surface area contributed by atoms with E-state index in [4.69, 9.17) is 0 Å². The lowest BCUT2D eigenvalue weighted by atomic mass is 9.33. The molecule has 80 heavy (non-hydrogen) atoms. The fourth-order valence-corrected chi connectivity index (χ4v) is 14.8. The van der Waals surface area contributed by atoms with Crippen molar-refractivity contribution in [1.82, 2.24) is 0 Å². The van der Waals surface area contributed by atoms with Crippen molar-refractivity contribution in [3.63, 3.8) is 0 Å². The molecule has 4 aliphatic rings. The molecule has 0 fully saturated rings. The number of aryl methyl sites for hydroxylation is 1. The standard InChI is InChI=1S/C77H79BN2/c1-50-42-68-70-69(43-50)80(71-58(51-26-18-14-19-27-51)44-56(45-59(71)52-28-20-15-21-29-52)77(12,13)54-32-24-17-25-33-54)66-37-34-55(76(10,11)53-30-22-16-23-31-53)46-64(66)78(70)65-48-62-63(75(8,9)41-40-74(62,6)7)49-67(65)79(68)57-35-36-60-61(47-57)73(4,5)39-38-72(60,2)3/h14-37,42-49H,38-41H2,1-13H3. The first-order valence-corrected chi connectivity index (χ1v) is 29.7. The van der Waals surface area contributed by atoms with Crippen LogP contribution in [-0.4, -0.2) is 6.71 Å². The van der Waals surface area contributed by atoms with Crippen LogP contribution < -0.4 is 26.2 Å². The summed E-state index contributed by atoms with van der Waals surface area (Å²) in [6, 6.07) is 75.3. The van der Waals surface area contributed by atoms with Crippen LogP contribution >= 0.6 is 0 Å². The van der Waals surface area contributed by atoms with Gasteiger partial charge in [0.15, 0.2) is 0 Å². The quantitative estimate of drug-likeness (QED) is 0.140. The average molecular weight is 1040 g/mol. The Morgan fingerprint density at radius 3 is 1.32 bits per heavy atom. The lowest BCUT2D eigenvalue weighted by Gasteiger charge is -2.48. The predicted octanol–water partition coefficient (Wildman–Crippen LogP) is 18.8. The SMILES string of the molecule is Cc1cc2c3c(c1)N(c1c(-c4ccccc4)cc(C(C)(C)c4ccccc4)cc1-c1ccccc1)c1ccc(C(C)(C)c4ccccc4)cc1B3c1cc3c(cc1N2c1ccc2c(c1)C(C)(C)CCC2(C)C)C(C)(C)CCC3(C)C. The number of benzene rings is 9. The van der Waals surface area contributed by atoms with Crippen LogP contribution in [0, 0.1) is 6.92 Å². The number of rotatable bonds is 8. The summed E-state index contributed by atoms with van der Waals surface area (Å²) in [4.78, 5) is 5.43. The van der Waals surface area contributed by atoms with Gasteiger partial charge >= 0.3 is 0 Å². The molecule has 400 valence electrons. The molecule has 9 aromatic carbocycles. The highest BCUT2D eigenvalue weighted by Gasteiger charge is 2.48. The second kappa shape index (κ2) is 18.3. The zero-order valence-corrected chi connectivity index (χ0v) is 49.8. The molecular weight excluding hydrogens is 964 g/mol. The molecule has 9 aromatic rings. The highest BCUT2D eigenvalue weighted by Crippen LogP contribution is 2.55. The Hall–Kier alpha value is -7.36. The van der Waals surface area contributed by atoms with Gasteiger partial charge in [-0.3, -0.25) is 0 Å². The van der Waals surface area contributed by atoms with E-state index >= 15 is 0 Å². The van der Waals surface area contributed by atoms with Gasteiger partial charge in [0.1, 0.15) is 0 Å². The molecule has 2 aliphatic carbocycles. The van der Waals surface area contributed by atoms with Gasteiger partial charge in [-0.15, -0.1) is 0 Å². The lowest BCUT2D eigenvalue weighted by molar-refractivity contribution is 0.332. The van der Waals surface area contributed by atoms with E-state index in [2.05, 4.69) is 294 Å². The molecule has 0 spiro atoms. The molecule has 0 atom stereocenters. The first-order valence-electron chi connectivity index (χ1n) is 29.7. The predicted molar refractivity (Wildman–Crippen MR) is 344 cm³/mol. The Bertz CT molecular complexity index is 3840. The molecule has 2 nitrogen and oxygen atoms in total. The fraction of sp³-hybridized carbons (Fsp3) is 0.299. The van der Waals surface area contributed by atoms with Gasteiger partial charge in [0.2, 0.25) is 0 Å². The normalized spacial score (nSPS) is 17.2. The summed E-state index contributed by atoms with van der Waals surface area (Å²) in [7, 11) is 0. The maximum atomic E-state index is 2.72. The van der Waals surface area contributed by atoms with Crippen LogP contribution in [-0.2, 0) is 32.5 Å². The van der Waals surface area contributed by atoms with E-state index in [0.717, 1.165) is 19.3 Å². The molecular formula is C77H79BN2. The maximum absolute atomic E-state index is 2.72. The van der Waals surface area contributed by atoms with Crippen molar-refractivity contribution in [3.05, 3.63) is 244 Å². The second-order valence-electron chi connectivity index (χ2n) is 28.0. The van der Waals surface area contributed by atoms with Crippen molar-refractivity contribution in [2.24, 2.45) is 0 Å². The van der Waals surface area contributed by atoms with Crippen LogP contribution in [0.2, 0.25) is 0 Å². The van der Waals surface area contributed by atoms with E-state index < -0.39 is 0 Å². The van der Waals surface area contributed by atoms with Gasteiger partial charge in [-0.2, -0.15) is 0 Å². The smallest absolute Gasteiger partial charge is 0.252 e. The third kappa shape index (κ3) is 8.18. The number of hydrogen-bond acceptors (Lipinski definition) is 2. The second-order valence-corrected chi connectivity index (χ2v) is 28.0. The topological polar surface area (TPSA) is 6.48 Å². The Morgan fingerprint density at radius 1 is 0.362 bits per heavy atom. The zero-order valence-electron chi connectivity index (χ0n) is 49.8. The first kappa shape index (κ1) is 52.0. The van der Waals surface area contributed by atoms with Crippen molar-refractivity contribution < 1.29 is 0 Å². The van der Waals surface area contributed by atoms with Gasteiger partial charge < -0.3 is 9.80 Å². The number of fused-ring (bicyclic) bond motifs is 6. The third-order valence-corrected chi connectivity index (χ3v) is 20.2. The van der Waals surface area contributed by atoms with Gasteiger partial charge in [0, 0.05) is 50.4 Å². The molecule has 0 bridgehead atoms. The molecule has 0 N–H and O–H groups in total. The minimum atomic E-state index is -0.303. The maximum Gasteiger partial charge on any atom is 0.252 e. The zero-order chi connectivity index (χ0) is 55.9. The third-order valence-electron chi connectivity index (χ3n) is 20.2. The van der Waals surface area contributed by atoms with Crippen molar-refractivity contribution >= 4 is 57.2 Å². The van der Waals surface area contributed by atoms with Crippen LogP contribution in [0.3, 0.4) is 0 Å². The van der Waals surface area contributed by atoms with E-state index in [1.807, 2.05) is 0 Å². The summed E-state index contributed by atoms with van der Waals surface area (Å²) >= 11 is 0. The summed E-state index contributed by atoms with van der Waals surface area (Å²) < 4.78 is 0. The van der Waals surface area contributed by atoms with E-state index in [9.17, 15) is 0 Å². The van der Waals surface area contributed by atoms with E-state index in [0.29, 0.717) is 0 Å². The Kier molecular flexibility index (Phi) is 11.9. The Labute approximate surface area is 479 Å². The van der Waals surface area contributed by atoms with Crippen molar-refractivity contribution in [2.75, 3.05) is 9.80 Å². The highest BCUT2D eigenvalue weighted by atomic mass is 15.2. The Morgan fingerprint density at radius 2 is 0.800 bits per heavy atom. The van der Waals surface area contributed by atoms with Crippen molar-refractivity contribution in [2.45, 2.75) is 148 Å². The van der Waals surface area contributed by atoms with Gasteiger partial charge in [-0.05, 0) is 180 Å². The summed E-state index contributed by atoms with van der Waals surface area (Å²) in [6.45, 7) is 31.7. The highest BCUT2D eigenvalue weighted by molar-refractivity contribution is 7.00. The molecule has 0 saturated carbocycles. The van der Waals surface area contributed by atoms with E-state index in [1.165, 1.54) is 129 Å². The van der Waals surface area contributed by atoms with Crippen LogP contribution in [0.5, 0.6) is 0 Å². The molecule has 0 amide bonds. The summed E-state index contributed by atoms with van der Waals surface area (Å²) in [6.07, 6.45) is 4.65. The fourth-order valence-electron chi connectivity index (χ4n) is 14.8. The Balaban J connectivity index is 1.18. The first-order chi connectivity index (χ1) is 38.1. The number of nitrogens with zero attached hydrogens (tertiary/aromatic N) is 2. The summed E-state index contributed by atoms with van der Waals surface area (Å²) in [5.74, 6) is 0. The van der Waals surface area contributed by atoms with Crippen LogP contribution in [0.1, 0.15) is 159 Å².